The van der Waals surface area contributed by atoms with Gasteiger partial charge in [-0.15, -0.1) is 0 Å². The second-order valence-electron chi connectivity index (χ2n) is 3.64. The first-order valence-corrected chi connectivity index (χ1v) is 4.84. The molecule has 80 valence electrons. The quantitative estimate of drug-likeness (QED) is 0.808. The maximum Gasteiger partial charge on any atom is 0.161 e. The summed E-state index contributed by atoms with van der Waals surface area (Å²) in [6, 6.07) is 3.72. The molecule has 0 heterocycles. The smallest absolute Gasteiger partial charge is 0.161 e. The van der Waals surface area contributed by atoms with Gasteiger partial charge in [0.15, 0.2) is 11.5 Å². The lowest BCUT2D eigenvalue weighted by atomic mass is 10.0. The number of hydrogen-bond donors (Lipinski definition) is 1. The molecule has 0 bridgehead atoms. The van der Waals surface area contributed by atoms with Gasteiger partial charge >= 0.3 is 0 Å². The highest BCUT2D eigenvalue weighted by Gasteiger charge is 2.22. The number of methoxy groups -OCH3 is 2. The molecule has 0 aromatic heterocycles. The Morgan fingerprint density at radius 3 is 2.33 bits per heavy atom. The highest BCUT2D eigenvalue weighted by Crippen LogP contribution is 2.41. The van der Waals surface area contributed by atoms with Gasteiger partial charge in [0, 0.05) is 11.5 Å². The molecule has 0 aliphatic heterocycles. The van der Waals surface area contributed by atoms with Crippen molar-refractivity contribution in [1.29, 1.82) is 0 Å². The number of aliphatic hydroxyl groups is 1. The number of allylic oxidation sites excluding steroid dienone is 1. The van der Waals surface area contributed by atoms with Crippen molar-refractivity contribution in [3.63, 3.8) is 0 Å². The van der Waals surface area contributed by atoms with Gasteiger partial charge in [0.05, 0.1) is 14.2 Å². The molecule has 1 aliphatic rings. The Balaban J connectivity index is 2.58. The number of ether oxygens (including phenoxy) is 2. The Labute approximate surface area is 88.9 Å². The minimum atomic E-state index is 0.222. The Kier molecular flexibility index (Phi) is 2.31. The molecule has 0 unspecified atom stereocenters. The fraction of sp³-hybridized carbons (Fsp3) is 0.333. The average Bonchev–Trinajstić information content (AvgIpc) is 2.52. The second-order valence-corrected chi connectivity index (χ2v) is 3.64. The van der Waals surface area contributed by atoms with Crippen molar-refractivity contribution >= 4 is 5.76 Å². The Morgan fingerprint density at radius 2 is 1.73 bits per heavy atom. The third-order valence-corrected chi connectivity index (χ3v) is 2.73. The molecule has 0 radical (unpaired) electrons. The normalized spacial score (nSPS) is 18.3. The van der Waals surface area contributed by atoms with Gasteiger partial charge < -0.3 is 14.6 Å². The van der Waals surface area contributed by atoms with Crippen LogP contribution in [0.25, 0.3) is 5.76 Å². The second kappa shape index (κ2) is 3.50. The van der Waals surface area contributed by atoms with Gasteiger partial charge in [-0.05, 0) is 23.8 Å². The molecular formula is C12H14O3. The minimum Gasteiger partial charge on any atom is -0.508 e. The van der Waals surface area contributed by atoms with Crippen molar-refractivity contribution in [3.05, 3.63) is 29.3 Å². The predicted molar refractivity (Wildman–Crippen MR) is 58.6 cm³/mol. The van der Waals surface area contributed by atoms with Crippen molar-refractivity contribution in [2.24, 2.45) is 0 Å². The van der Waals surface area contributed by atoms with Crippen molar-refractivity contribution in [3.8, 4) is 11.5 Å². The molecule has 0 saturated heterocycles. The lowest BCUT2D eigenvalue weighted by Crippen LogP contribution is -1.95. The van der Waals surface area contributed by atoms with Crippen LogP contribution in [-0.4, -0.2) is 19.3 Å². The van der Waals surface area contributed by atoms with Crippen LogP contribution in [0.2, 0.25) is 0 Å². The van der Waals surface area contributed by atoms with Gasteiger partial charge in [-0.3, -0.25) is 0 Å². The minimum absolute atomic E-state index is 0.222. The van der Waals surface area contributed by atoms with Crippen LogP contribution in [0.1, 0.15) is 24.0 Å². The van der Waals surface area contributed by atoms with E-state index < -0.39 is 0 Å². The Bertz CT molecular complexity index is 421. The number of benzene rings is 1. The zero-order valence-electron chi connectivity index (χ0n) is 9.07. The topological polar surface area (TPSA) is 38.7 Å². The monoisotopic (exact) mass is 206 g/mol. The fourth-order valence-corrected chi connectivity index (χ4v) is 1.91. The maximum absolute atomic E-state index is 9.70. The van der Waals surface area contributed by atoms with Gasteiger partial charge in [-0.25, -0.2) is 0 Å². The van der Waals surface area contributed by atoms with E-state index in [-0.39, 0.29) is 5.92 Å². The summed E-state index contributed by atoms with van der Waals surface area (Å²) >= 11 is 0. The summed E-state index contributed by atoms with van der Waals surface area (Å²) in [4.78, 5) is 0. The molecule has 1 atom stereocenters. The molecule has 0 spiro atoms. The Morgan fingerprint density at radius 1 is 1.13 bits per heavy atom. The zero-order chi connectivity index (χ0) is 11.0. The van der Waals surface area contributed by atoms with Crippen LogP contribution < -0.4 is 9.47 Å². The summed E-state index contributed by atoms with van der Waals surface area (Å²) in [5.74, 6) is 1.88. The van der Waals surface area contributed by atoms with Gasteiger partial charge in [0.25, 0.3) is 0 Å². The van der Waals surface area contributed by atoms with Gasteiger partial charge in [-0.1, -0.05) is 6.92 Å². The van der Waals surface area contributed by atoms with E-state index in [1.54, 1.807) is 14.2 Å². The molecule has 1 aromatic rings. The van der Waals surface area contributed by atoms with Crippen LogP contribution in [-0.2, 0) is 0 Å². The largest absolute Gasteiger partial charge is 0.508 e. The summed E-state index contributed by atoms with van der Waals surface area (Å²) in [5.41, 5.74) is 1.91. The zero-order valence-corrected chi connectivity index (χ0v) is 9.07. The molecule has 2 rings (SSSR count). The molecule has 3 heteroatoms. The summed E-state index contributed by atoms with van der Waals surface area (Å²) in [7, 11) is 3.19. The first-order valence-electron chi connectivity index (χ1n) is 4.84. The van der Waals surface area contributed by atoms with E-state index in [4.69, 9.17) is 9.47 Å². The predicted octanol–water partition coefficient (Wildman–Crippen LogP) is 2.72. The van der Waals surface area contributed by atoms with E-state index in [1.165, 1.54) is 0 Å². The SMILES string of the molecule is COc1cc2c(cc1OC)[C@@H](C)C=C2O. The van der Waals surface area contributed by atoms with E-state index in [1.807, 2.05) is 25.1 Å². The number of aliphatic hydroxyl groups excluding tert-OH is 1. The van der Waals surface area contributed by atoms with Crippen LogP contribution in [0, 0.1) is 0 Å². The highest BCUT2D eigenvalue weighted by molar-refractivity contribution is 5.72. The summed E-state index contributed by atoms with van der Waals surface area (Å²) < 4.78 is 10.4. The van der Waals surface area contributed by atoms with Crippen LogP contribution in [0.4, 0.5) is 0 Å². The van der Waals surface area contributed by atoms with Crippen molar-refractivity contribution < 1.29 is 14.6 Å². The van der Waals surface area contributed by atoms with E-state index in [2.05, 4.69) is 0 Å². The molecular weight excluding hydrogens is 192 g/mol. The molecule has 15 heavy (non-hydrogen) atoms. The van der Waals surface area contributed by atoms with Gasteiger partial charge in [-0.2, -0.15) is 0 Å². The molecule has 1 N–H and O–H groups in total. The number of hydrogen-bond acceptors (Lipinski definition) is 3. The van der Waals surface area contributed by atoms with Gasteiger partial charge in [0.2, 0.25) is 0 Å². The average molecular weight is 206 g/mol. The molecule has 0 amide bonds. The highest BCUT2D eigenvalue weighted by atomic mass is 16.5. The van der Waals surface area contributed by atoms with Crippen LogP contribution >= 0.6 is 0 Å². The van der Waals surface area contributed by atoms with Crippen molar-refractivity contribution in [2.45, 2.75) is 12.8 Å². The van der Waals surface area contributed by atoms with Crippen molar-refractivity contribution in [1.82, 2.24) is 0 Å². The maximum atomic E-state index is 9.70. The van der Waals surface area contributed by atoms with Crippen LogP contribution in [0.15, 0.2) is 18.2 Å². The summed E-state index contributed by atoms with van der Waals surface area (Å²) in [5, 5.41) is 9.70. The fourth-order valence-electron chi connectivity index (χ4n) is 1.91. The van der Waals surface area contributed by atoms with Gasteiger partial charge in [0.1, 0.15) is 5.76 Å². The molecule has 3 nitrogen and oxygen atoms in total. The van der Waals surface area contributed by atoms with Crippen LogP contribution in [0.5, 0.6) is 11.5 Å². The van der Waals surface area contributed by atoms with Crippen LogP contribution in [0.3, 0.4) is 0 Å². The summed E-state index contributed by atoms with van der Waals surface area (Å²) in [6.45, 7) is 2.04. The lowest BCUT2D eigenvalue weighted by molar-refractivity contribution is 0.354. The molecule has 1 aliphatic carbocycles. The van der Waals surface area contributed by atoms with E-state index >= 15 is 0 Å². The third-order valence-electron chi connectivity index (χ3n) is 2.73. The molecule has 0 fully saturated rings. The van der Waals surface area contributed by atoms with E-state index in [0.717, 1.165) is 11.1 Å². The lowest BCUT2D eigenvalue weighted by Gasteiger charge is -2.12. The molecule has 1 aromatic carbocycles. The number of rotatable bonds is 2. The molecule has 0 saturated carbocycles. The van der Waals surface area contributed by atoms with Crippen molar-refractivity contribution in [2.75, 3.05) is 14.2 Å². The standard InChI is InChI=1S/C12H14O3/c1-7-4-10(13)9-6-12(15-3)11(14-2)5-8(7)9/h4-7,13H,1-3H3/t7-/m0/s1. The van der Waals surface area contributed by atoms with E-state index in [0.29, 0.717) is 17.3 Å². The summed E-state index contributed by atoms with van der Waals surface area (Å²) in [6.07, 6.45) is 1.82. The first-order chi connectivity index (χ1) is 7.17. The third kappa shape index (κ3) is 1.44. The number of fused-ring (bicyclic) bond motifs is 1. The first kappa shape index (κ1) is 9.90. The van der Waals surface area contributed by atoms with E-state index in [9.17, 15) is 5.11 Å². The Hall–Kier alpha value is -1.64.